The summed E-state index contributed by atoms with van der Waals surface area (Å²) < 4.78 is 23.4. The summed E-state index contributed by atoms with van der Waals surface area (Å²) >= 11 is 0. The molecule has 1 aliphatic carbocycles. The van der Waals surface area contributed by atoms with E-state index in [1.165, 1.54) is 20.5 Å². The van der Waals surface area contributed by atoms with E-state index in [-0.39, 0.29) is 31.0 Å². The normalized spacial score (nSPS) is 23.6. The second-order valence-corrected chi connectivity index (χ2v) is 11.7. The van der Waals surface area contributed by atoms with Gasteiger partial charge in [-0.15, -0.1) is 0 Å². The van der Waals surface area contributed by atoms with E-state index in [4.69, 9.17) is 18.9 Å². The number of nitrogens with zero attached hydrogens (tertiary/aromatic N) is 3. The molecule has 2 aliphatic rings. The maximum atomic E-state index is 14.4. The topological polar surface area (TPSA) is 100 Å². The minimum absolute atomic E-state index is 0.00478. The van der Waals surface area contributed by atoms with Crippen molar-refractivity contribution in [3.8, 4) is 11.8 Å². The van der Waals surface area contributed by atoms with Gasteiger partial charge in [0.05, 0.1) is 39.6 Å². The van der Waals surface area contributed by atoms with Gasteiger partial charge in [-0.3, -0.25) is 4.79 Å². The fraction of sp³-hybridized carbons (Fsp3) is 0.613. The van der Waals surface area contributed by atoms with E-state index in [0.717, 1.165) is 37.7 Å². The Morgan fingerprint density at radius 3 is 2.15 bits per heavy atom. The predicted octanol–water partition coefficient (Wildman–Crippen LogP) is 5.14. The van der Waals surface area contributed by atoms with Crippen LogP contribution in [-0.2, 0) is 25.7 Å². The molecule has 0 radical (unpaired) electrons. The van der Waals surface area contributed by atoms with Crippen LogP contribution in [0.2, 0.25) is 0 Å². The number of hydrogen-bond acceptors (Lipinski definition) is 8. The van der Waals surface area contributed by atoms with Crippen LogP contribution >= 0.6 is 0 Å². The Kier molecular flexibility index (Phi) is 9.66. The summed E-state index contributed by atoms with van der Waals surface area (Å²) in [6, 6.07) is 8.58. The number of aromatic nitrogens is 2. The lowest BCUT2D eigenvalue weighted by molar-refractivity contribution is -0.158. The van der Waals surface area contributed by atoms with Gasteiger partial charge in [0.15, 0.2) is 0 Å². The number of rotatable bonds is 9. The number of esters is 1. The molecule has 9 nitrogen and oxygen atoms in total. The zero-order valence-corrected chi connectivity index (χ0v) is 24.6. The van der Waals surface area contributed by atoms with Crippen LogP contribution < -0.4 is 9.47 Å². The molecular formula is C31H43N3O6. The van der Waals surface area contributed by atoms with Crippen LogP contribution in [0, 0.1) is 17.3 Å². The second-order valence-electron chi connectivity index (χ2n) is 11.7. The van der Waals surface area contributed by atoms with Crippen molar-refractivity contribution in [3.05, 3.63) is 47.8 Å². The Balaban J connectivity index is 1.84. The third-order valence-electron chi connectivity index (χ3n) is 8.16. The number of carbonyl (C=O) groups excluding carboxylic acids is 2. The first-order valence-corrected chi connectivity index (χ1v) is 14.3. The highest BCUT2D eigenvalue weighted by molar-refractivity contribution is 5.88. The van der Waals surface area contributed by atoms with E-state index in [0.29, 0.717) is 17.3 Å². The first kappa shape index (κ1) is 29.8. The number of ether oxygens (including phenoxy) is 4. The van der Waals surface area contributed by atoms with Gasteiger partial charge in [-0.2, -0.15) is 0 Å². The van der Waals surface area contributed by atoms with Gasteiger partial charge in [-0.25, -0.2) is 14.8 Å². The van der Waals surface area contributed by atoms with Crippen LogP contribution in [0.1, 0.15) is 77.0 Å². The van der Waals surface area contributed by atoms with Crippen molar-refractivity contribution < 1.29 is 28.5 Å². The maximum absolute atomic E-state index is 14.4. The Bertz CT molecular complexity index is 1120. The highest BCUT2D eigenvalue weighted by atomic mass is 16.5. The van der Waals surface area contributed by atoms with Crippen molar-refractivity contribution in [2.45, 2.75) is 84.6 Å². The number of methoxy groups -OCH3 is 2. The standard InChI is InChI=1S/C31H43N3O6/c1-7-39-30(36)25-23(31(2,3)4)26(40-18-22-27(37-5)32-19-33-28(22)38-6)24(20-14-10-8-11-15-20)34(25)29(35)21-16-12-9-13-17-21/h8,10-11,14-15,19,21,23-26H,7,9,12-13,16-18H2,1-6H3/t23-,24+,25+,26+/m0/s1. The zero-order valence-electron chi connectivity index (χ0n) is 24.6. The van der Waals surface area contributed by atoms with Crippen molar-refractivity contribution in [1.29, 1.82) is 0 Å². The van der Waals surface area contributed by atoms with Gasteiger partial charge in [0, 0.05) is 11.8 Å². The van der Waals surface area contributed by atoms with Gasteiger partial charge < -0.3 is 23.8 Å². The number of carbonyl (C=O) groups is 2. The smallest absolute Gasteiger partial charge is 0.329 e. The van der Waals surface area contributed by atoms with Gasteiger partial charge >= 0.3 is 5.97 Å². The molecule has 0 spiro atoms. The molecule has 218 valence electrons. The van der Waals surface area contributed by atoms with Gasteiger partial charge in [-0.05, 0) is 30.7 Å². The summed E-state index contributed by atoms with van der Waals surface area (Å²) in [6.45, 7) is 8.36. The number of hydrogen-bond donors (Lipinski definition) is 0. The molecule has 4 rings (SSSR count). The number of benzene rings is 1. The Morgan fingerprint density at radius 2 is 1.60 bits per heavy atom. The molecular weight excluding hydrogens is 510 g/mol. The molecule has 2 heterocycles. The van der Waals surface area contributed by atoms with Crippen LogP contribution in [0.3, 0.4) is 0 Å². The van der Waals surface area contributed by atoms with Crippen molar-refractivity contribution in [2.75, 3.05) is 20.8 Å². The van der Waals surface area contributed by atoms with E-state index in [1.54, 1.807) is 11.8 Å². The second kappa shape index (κ2) is 13.0. The van der Waals surface area contributed by atoms with E-state index in [9.17, 15) is 9.59 Å². The van der Waals surface area contributed by atoms with Gasteiger partial charge in [0.25, 0.3) is 0 Å². The number of amides is 1. The largest absolute Gasteiger partial charge is 0.481 e. The van der Waals surface area contributed by atoms with Crippen LogP contribution in [-0.4, -0.2) is 59.7 Å². The molecule has 0 N–H and O–H groups in total. The van der Waals surface area contributed by atoms with Gasteiger partial charge in [0.1, 0.15) is 17.9 Å². The molecule has 1 aliphatic heterocycles. The third-order valence-corrected chi connectivity index (χ3v) is 8.16. The van der Waals surface area contributed by atoms with Crippen LogP contribution in [0.5, 0.6) is 11.8 Å². The highest BCUT2D eigenvalue weighted by Gasteiger charge is 2.59. The zero-order chi connectivity index (χ0) is 28.9. The summed E-state index contributed by atoms with van der Waals surface area (Å²) in [5.41, 5.74) is 1.08. The Hall–Kier alpha value is -3.20. The van der Waals surface area contributed by atoms with Crippen molar-refractivity contribution in [3.63, 3.8) is 0 Å². The molecule has 1 aromatic heterocycles. The lowest BCUT2D eigenvalue weighted by Gasteiger charge is -2.36. The first-order valence-electron chi connectivity index (χ1n) is 14.3. The van der Waals surface area contributed by atoms with Gasteiger partial charge in [0.2, 0.25) is 17.7 Å². The van der Waals surface area contributed by atoms with Crippen molar-refractivity contribution >= 4 is 11.9 Å². The van der Waals surface area contributed by atoms with Crippen LogP contribution in [0.15, 0.2) is 36.7 Å². The Labute approximate surface area is 237 Å². The fourth-order valence-corrected chi connectivity index (χ4v) is 6.40. The molecule has 4 atom stereocenters. The SMILES string of the molecule is CCOC(=O)[C@H]1[C@H](C(C)(C)C)[C@@H](OCc2c(OC)ncnc2OC)[C@@H](c2ccccc2)N1C(=O)C1CCCCC1. The lowest BCUT2D eigenvalue weighted by atomic mass is 9.73. The predicted molar refractivity (Wildman–Crippen MR) is 150 cm³/mol. The van der Waals surface area contributed by atoms with E-state index in [2.05, 4.69) is 30.7 Å². The average molecular weight is 554 g/mol. The minimum atomic E-state index is -0.791. The lowest BCUT2D eigenvalue weighted by Crippen LogP contribution is -2.49. The fourth-order valence-electron chi connectivity index (χ4n) is 6.40. The molecule has 0 unspecified atom stereocenters. The minimum Gasteiger partial charge on any atom is -0.481 e. The van der Waals surface area contributed by atoms with E-state index < -0.39 is 29.6 Å². The summed E-state index contributed by atoms with van der Waals surface area (Å²) in [7, 11) is 3.07. The van der Waals surface area contributed by atoms with E-state index >= 15 is 0 Å². The highest BCUT2D eigenvalue weighted by Crippen LogP contribution is 2.51. The molecule has 2 fully saturated rings. The van der Waals surface area contributed by atoms with Crippen molar-refractivity contribution in [2.24, 2.45) is 17.3 Å². The van der Waals surface area contributed by atoms with Gasteiger partial charge in [-0.1, -0.05) is 70.4 Å². The molecule has 9 heteroatoms. The average Bonchev–Trinajstić information content (AvgIpc) is 3.32. The van der Waals surface area contributed by atoms with Crippen LogP contribution in [0.25, 0.3) is 0 Å². The maximum Gasteiger partial charge on any atom is 0.329 e. The molecule has 1 aromatic carbocycles. The Morgan fingerprint density at radius 1 is 0.975 bits per heavy atom. The summed E-state index contributed by atoms with van der Waals surface area (Å²) in [5.74, 6) is -0.164. The molecule has 1 saturated heterocycles. The monoisotopic (exact) mass is 553 g/mol. The molecule has 1 saturated carbocycles. The molecule has 2 aromatic rings. The molecule has 0 bridgehead atoms. The number of likely N-dealkylation sites (tertiary alicyclic amines) is 1. The van der Waals surface area contributed by atoms with Crippen LogP contribution in [0.4, 0.5) is 0 Å². The molecule has 40 heavy (non-hydrogen) atoms. The molecule has 1 amide bonds. The van der Waals surface area contributed by atoms with Crippen molar-refractivity contribution in [1.82, 2.24) is 14.9 Å². The summed E-state index contributed by atoms with van der Waals surface area (Å²) in [6.07, 6.45) is 5.66. The first-order chi connectivity index (χ1) is 19.2. The summed E-state index contributed by atoms with van der Waals surface area (Å²) in [4.78, 5) is 38.4. The summed E-state index contributed by atoms with van der Waals surface area (Å²) in [5, 5.41) is 0. The third kappa shape index (κ3) is 6.09. The van der Waals surface area contributed by atoms with E-state index in [1.807, 2.05) is 30.3 Å². The quantitative estimate of drug-likeness (QED) is 0.394.